The number of likely N-dealkylation sites (tertiary alicyclic amines) is 1. The molecule has 1 aliphatic heterocycles. The van der Waals surface area contributed by atoms with Crippen LogP contribution >= 0.6 is 0 Å². The van der Waals surface area contributed by atoms with Gasteiger partial charge in [-0.15, -0.1) is 0 Å². The molecular weight excluding hydrogens is 542 g/mol. The van der Waals surface area contributed by atoms with Crippen LogP contribution in [-0.2, 0) is 11.0 Å². The first kappa shape index (κ1) is 28.1. The van der Waals surface area contributed by atoms with Crippen LogP contribution in [0, 0.1) is 12.7 Å². The van der Waals surface area contributed by atoms with Crippen molar-refractivity contribution < 1.29 is 27.2 Å². The molecule has 41 heavy (non-hydrogen) atoms. The summed E-state index contributed by atoms with van der Waals surface area (Å²) in [7, 11) is 0. The van der Waals surface area contributed by atoms with Gasteiger partial charge in [0, 0.05) is 17.3 Å². The molecule has 1 aliphatic rings. The number of amides is 2. The number of rotatable bonds is 7. The van der Waals surface area contributed by atoms with Gasteiger partial charge in [-0.1, -0.05) is 0 Å². The average molecular weight is 570 g/mol. The lowest BCUT2D eigenvalue weighted by atomic mass is 10.0. The van der Waals surface area contributed by atoms with Gasteiger partial charge in [-0.3, -0.25) is 19.5 Å². The highest BCUT2D eigenvalue weighted by molar-refractivity contribution is 5.96. The molecule has 3 aromatic heterocycles. The average Bonchev–Trinajstić information content (AvgIpc) is 3.57. The van der Waals surface area contributed by atoms with Gasteiger partial charge in [0.25, 0.3) is 5.91 Å². The van der Waals surface area contributed by atoms with E-state index in [1.54, 1.807) is 31.3 Å². The highest BCUT2D eigenvalue weighted by Crippen LogP contribution is 2.32. The van der Waals surface area contributed by atoms with Crippen LogP contribution in [0.2, 0.25) is 0 Å². The number of anilines is 1. The van der Waals surface area contributed by atoms with Gasteiger partial charge >= 0.3 is 6.18 Å². The van der Waals surface area contributed by atoms with Crippen molar-refractivity contribution >= 4 is 23.3 Å². The molecule has 4 heterocycles. The van der Waals surface area contributed by atoms with Crippen LogP contribution in [0.25, 0.3) is 16.9 Å². The lowest BCUT2D eigenvalue weighted by Crippen LogP contribution is -2.30. The number of nitrogens with one attached hydrogen (secondary N) is 2. The van der Waals surface area contributed by atoms with Gasteiger partial charge < -0.3 is 10.6 Å². The molecule has 2 N–H and O–H groups in total. The molecular formula is C28H27F4N7O2. The Morgan fingerprint density at radius 3 is 2.59 bits per heavy atom. The first-order valence-electron chi connectivity index (χ1n) is 13.0. The van der Waals surface area contributed by atoms with Crippen LogP contribution in [0.1, 0.15) is 53.0 Å². The Balaban J connectivity index is 1.33. The fourth-order valence-corrected chi connectivity index (χ4v) is 4.73. The number of alkyl halides is 3. The molecule has 1 aromatic carbocycles. The number of aryl methyl sites for hydroxylation is 1. The van der Waals surface area contributed by atoms with Crippen LogP contribution in [0.4, 0.5) is 23.4 Å². The smallest absolute Gasteiger partial charge is 0.345 e. The Bertz CT molecular complexity index is 1610. The summed E-state index contributed by atoms with van der Waals surface area (Å²) < 4.78 is 55.2. The highest BCUT2D eigenvalue weighted by Gasteiger charge is 2.32. The summed E-state index contributed by atoms with van der Waals surface area (Å²) in [5, 5.41) is 9.88. The molecule has 214 valence electrons. The molecule has 0 saturated carbocycles. The second kappa shape index (κ2) is 11.2. The van der Waals surface area contributed by atoms with E-state index in [1.165, 1.54) is 17.6 Å². The summed E-state index contributed by atoms with van der Waals surface area (Å²) in [4.78, 5) is 36.2. The summed E-state index contributed by atoms with van der Waals surface area (Å²) >= 11 is 0. The van der Waals surface area contributed by atoms with Crippen molar-refractivity contribution in [3.63, 3.8) is 0 Å². The van der Waals surface area contributed by atoms with Crippen molar-refractivity contribution in [2.75, 3.05) is 25.0 Å². The maximum absolute atomic E-state index is 14.3. The number of aromatic nitrogens is 4. The Labute approximate surface area is 232 Å². The number of carbonyl (C=O) groups is 2. The molecule has 13 heteroatoms. The van der Waals surface area contributed by atoms with E-state index < -0.39 is 29.5 Å². The molecule has 1 saturated heterocycles. The normalized spacial score (nSPS) is 14.8. The molecule has 5 rings (SSSR count). The summed E-state index contributed by atoms with van der Waals surface area (Å²) in [6.07, 6.45) is 0.634. The second-order valence-corrected chi connectivity index (χ2v) is 9.97. The number of nitrogens with zero attached hydrogens (tertiary/aromatic N) is 5. The quantitative estimate of drug-likeness (QED) is 0.311. The molecule has 4 aromatic rings. The Morgan fingerprint density at radius 2 is 1.85 bits per heavy atom. The maximum Gasteiger partial charge on any atom is 0.416 e. The Hall–Kier alpha value is -4.39. The predicted octanol–water partition coefficient (Wildman–Crippen LogP) is 4.78. The third kappa shape index (κ3) is 6.35. The number of pyridine rings is 1. The topological polar surface area (TPSA) is 105 Å². The zero-order valence-electron chi connectivity index (χ0n) is 22.3. The third-order valence-electron chi connectivity index (χ3n) is 6.92. The number of imidazole rings is 1. The fraction of sp³-hybridized carbons (Fsp3) is 0.321. The molecule has 9 nitrogen and oxygen atoms in total. The van der Waals surface area contributed by atoms with Gasteiger partial charge in [-0.2, -0.15) is 18.3 Å². The summed E-state index contributed by atoms with van der Waals surface area (Å²) in [6.45, 7) is 5.10. The van der Waals surface area contributed by atoms with Gasteiger partial charge in [0.15, 0.2) is 11.5 Å². The van der Waals surface area contributed by atoms with Crippen molar-refractivity contribution in [2.45, 2.75) is 38.9 Å². The third-order valence-corrected chi connectivity index (χ3v) is 6.92. The second-order valence-electron chi connectivity index (χ2n) is 9.97. The van der Waals surface area contributed by atoms with E-state index >= 15 is 0 Å². The van der Waals surface area contributed by atoms with E-state index in [-0.39, 0.29) is 17.0 Å². The summed E-state index contributed by atoms with van der Waals surface area (Å²) in [6, 6.07) is 5.97. The lowest BCUT2D eigenvalue weighted by Gasteiger charge is -2.18. The van der Waals surface area contributed by atoms with Crippen LogP contribution < -0.4 is 10.6 Å². The number of fused-ring (bicyclic) bond motifs is 1. The molecule has 0 aliphatic carbocycles. The standard InChI is InChI=1S/C28H27F4N7O2/c1-16-21(27(41)34-17(2)20-12-19(28(30,31)32)5-6-22(20)29)11-18(13-33-16)23-7-8-25-35-24(14-39(25)37-23)36-26(40)15-38-9-3-4-10-38/h5-8,11-14,17H,3-4,9-10,15H2,1-2H3,(H,34,41)(H,36,40)/t17-/m1/s1. The number of hydrogen-bond acceptors (Lipinski definition) is 6. The minimum absolute atomic E-state index is 0.157. The monoisotopic (exact) mass is 569 g/mol. The zero-order valence-corrected chi connectivity index (χ0v) is 22.3. The van der Waals surface area contributed by atoms with E-state index in [4.69, 9.17) is 0 Å². The summed E-state index contributed by atoms with van der Waals surface area (Å²) in [5.41, 5.74) is 0.687. The van der Waals surface area contributed by atoms with Crippen LogP contribution in [0.15, 0.2) is 48.8 Å². The van der Waals surface area contributed by atoms with Gasteiger partial charge in [0.05, 0.1) is 41.3 Å². The SMILES string of the molecule is Cc1ncc(-c2ccc3nc(NC(=O)CN4CCCC4)cn3n2)cc1C(=O)N[C@H](C)c1cc(C(F)(F)F)ccc1F. The van der Waals surface area contributed by atoms with Crippen LogP contribution in [-0.4, -0.2) is 55.9 Å². The van der Waals surface area contributed by atoms with Crippen molar-refractivity contribution in [1.29, 1.82) is 0 Å². The highest BCUT2D eigenvalue weighted by atomic mass is 19.4. The van der Waals surface area contributed by atoms with E-state index in [1.807, 2.05) is 0 Å². The lowest BCUT2D eigenvalue weighted by molar-refractivity contribution is -0.137. The molecule has 1 atom stereocenters. The van der Waals surface area contributed by atoms with Crippen molar-refractivity contribution in [1.82, 2.24) is 29.8 Å². The van der Waals surface area contributed by atoms with Gasteiger partial charge in [-0.05, 0) is 76.2 Å². The summed E-state index contributed by atoms with van der Waals surface area (Å²) in [5.74, 6) is -1.29. The van der Waals surface area contributed by atoms with E-state index in [9.17, 15) is 27.2 Å². The van der Waals surface area contributed by atoms with E-state index in [2.05, 4.69) is 30.6 Å². The number of hydrogen-bond donors (Lipinski definition) is 2. The molecule has 1 fully saturated rings. The molecule has 2 amide bonds. The number of carbonyl (C=O) groups excluding carboxylic acids is 2. The van der Waals surface area contributed by atoms with Crippen LogP contribution in [0.3, 0.4) is 0 Å². The van der Waals surface area contributed by atoms with Gasteiger partial charge in [0.1, 0.15) is 5.82 Å². The largest absolute Gasteiger partial charge is 0.416 e. The molecule has 0 bridgehead atoms. The van der Waals surface area contributed by atoms with Crippen molar-refractivity contribution in [3.05, 3.63) is 77.0 Å². The predicted molar refractivity (Wildman–Crippen MR) is 143 cm³/mol. The van der Waals surface area contributed by atoms with Crippen molar-refractivity contribution in [3.8, 4) is 11.3 Å². The first-order valence-corrected chi connectivity index (χ1v) is 13.0. The first-order chi connectivity index (χ1) is 19.5. The van der Waals surface area contributed by atoms with Gasteiger partial charge in [0.2, 0.25) is 5.91 Å². The van der Waals surface area contributed by atoms with Crippen molar-refractivity contribution in [2.24, 2.45) is 0 Å². The Kier molecular flexibility index (Phi) is 7.72. The minimum atomic E-state index is -4.65. The van der Waals surface area contributed by atoms with E-state index in [0.717, 1.165) is 32.0 Å². The van der Waals surface area contributed by atoms with Crippen LogP contribution in [0.5, 0.6) is 0 Å². The molecule has 0 spiro atoms. The number of halogens is 4. The maximum atomic E-state index is 14.3. The molecule has 0 radical (unpaired) electrons. The fourth-order valence-electron chi connectivity index (χ4n) is 4.73. The minimum Gasteiger partial charge on any atom is -0.345 e. The Morgan fingerprint density at radius 1 is 1.10 bits per heavy atom. The van der Waals surface area contributed by atoms with Gasteiger partial charge in [-0.25, -0.2) is 13.9 Å². The van der Waals surface area contributed by atoms with E-state index in [0.29, 0.717) is 47.1 Å². The number of benzene rings is 1. The zero-order chi connectivity index (χ0) is 29.3. The molecule has 0 unspecified atom stereocenters.